The zero-order valence-electron chi connectivity index (χ0n) is 12.3. The van der Waals surface area contributed by atoms with Crippen LogP contribution >= 0.6 is 0 Å². The Labute approximate surface area is 121 Å². The number of aryl methyl sites for hydroxylation is 2. The van der Waals surface area contributed by atoms with Crippen LogP contribution in [0.5, 0.6) is 0 Å². The van der Waals surface area contributed by atoms with E-state index in [0.29, 0.717) is 11.9 Å². The summed E-state index contributed by atoms with van der Waals surface area (Å²) in [7, 11) is 0. The molecule has 0 aromatic heterocycles. The second kappa shape index (κ2) is 5.57. The van der Waals surface area contributed by atoms with Crippen molar-refractivity contribution in [1.82, 2.24) is 0 Å². The first-order valence-corrected chi connectivity index (χ1v) is 7.81. The number of nitrogens with two attached hydrogens (primary N) is 1. The van der Waals surface area contributed by atoms with Crippen LogP contribution in [0.2, 0.25) is 0 Å². The van der Waals surface area contributed by atoms with E-state index >= 15 is 0 Å². The van der Waals surface area contributed by atoms with Crippen molar-refractivity contribution < 1.29 is 4.79 Å². The summed E-state index contributed by atoms with van der Waals surface area (Å²) in [6.07, 6.45) is 6.07. The first-order valence-electron chi connectivity index (χ1n) is 7.81. The predicted octanol–water partition coefficient (Wildman–Crippen LogP) is 2.79. The van der Waals surface area contributed by atoms with Gasteiger partial charge in [0.1, 0.15) is 0 Å². The third-order valence-corrected chi connectivity index (χ3v) is 4.74. The number of anilines is 1. The summed E-state index contributed by atoms with van der Waals surface area (Å²) in [5, 5.41) is 0. The summed E-state index contributed by atoms with van der Waals surface area (Å²) in [6.45, 7) is 2.99. The van der Waals surface area contributed by atoms with Gasteiger partial charge in [-0.2, -0.15) is 0 Å². The van der Waals surface area contributed by atoms with Gasteiger partial charge in [0.25, 0.3) is 0 Å². The van der Waals surface area contributed by atoms with Gasteiger partial charge in [-0.05, 0) is 57.1 Å². The molecule has 0 atom stereocenters. The average molecular weight is 272 g/mol. The Hall–Kier alpha value is -1.35. The van der Waals surface area contributed by atoms with E-state index in [-0.39, 0.29) is 5.92 Å². The number of carbonyl (C=O) groups excluding carboxylic acids is 1. The van der Waals surface area contributed by atoms with Crippen LogP contribution < -0.4 is 10.6 Å². The van der Waals surface area contributed by atoms with Gasteiger partial charge in [0, 0.05) is 24.2 Å². The van der Waals surface area contributed by atoms with E-state index < -0.39 is 0 Å². The number of carbonyl (C=O) groups is 1. The maximum Gasteiger partial charge on any atom is 0.230 e. The Morgan fingerprint density at radius 1 is 1.25 bits per heavy atom. The first-order chi connectivity index (χ1) is 9.65. The third-order valence-electron chi connectivity index (χ3n) is 4.74. The number of amides is 1. The Morgan fingerprint density at radius 2 is 2.00 bits per heavy atom. The van der Waals surface area contributed by atoms with Crippen LogP contribution in [-0.2, 0) is 11.2 Å². The largest absolute Gasteiger partial charge is 0.328 e. The van der Waals surface area contributed by atoms with E-state index in [0.717, 1.165) is 50.8 Å². The van der Waals surface area contributed by atoms with E-state index in [2.05, 4.69) is 25.1 Å². The highest BCUT2D eigenvalue weighted by Crippen LogP contribution is 2.32. The van der Waals surface area contributed by atoms with E-state index in [9.17, 15) is 4.79 Å². The lowest BCUT2D eigenvalue weighted by atomic mass is 9.85. The molecule has 1 amide bonds. The van der Waals surface area contributed by atoms with Crippen molar-refractivity contribution >= 4 is 11.6 Å². The molecule has 1 aliphatic carbocycles. The van der Waals surface area contributed by atoms with Crippen LogP contribution in [0.15, 0.2) is 18.2 Å². The number of hydrogen-bond acceptors (Lipinski definition) is 2. The van der Waals surface area contributed by atoms with Crippen LogP contribution in [0.25, 0.3) is 0 Å². The van der Waals surface area contributed by atoms with Crippen molar-refractivity contribution in [2.45, 2.75) is 51.5 Å². The topological polar surface area (TPSA) is 46.3 Å². The molecule has 2 aliphatic rings. The summed E-state index contributed by atoms with van der Waals surface area (Å²) >= 11 is 0. The van der Waals surface area contributed by atoms with Crippen LogP contribution in [0.1, 0.15) is 43.2 Å². The molecule has 0 bridgehead atoms. The van der Waals surface area contributed by atoms with Gasteiger partial charge in [-0.15, -0.1) is 0 Å². The molecule has 1 aromatic rings. The molecule has 0 unspecified atom stereocenters. The van der Waals surface area contributed by atoms with Gasteiger partial charge in [-0.25, -0.2) is 0 Å². The summed E-state index contributed by atoms with van der Waals surface area (Å²) in [5.74, 6) is 0.503. The van der Waals surface area contributed by atoms with Crippen LogP contribution in [0.4, 0.5) is 5.69 Å². The van der Waals surface area contributed by atoms with Crippen molar-refractivity contribution in [1.29, 1.82) is 0 Å². The second-order valence-electron chi connectivity index (χ2n) is 6.34. The highest BCUT2D eigenvalue weighted by Gasteiger charge is 2.31. The Balaban J connectivity index is 1.80. The van der Waals surface area contributed by atoms with Gasteiger partial charge in [-0.1, -0.05) is 17.7 Å². The SMILES string of the molecule is Cc1ccc2c(c1)CCCN2C(=O)C1CCC(N)CC1. The van der Waals surface area contributed by atoms with Gasteiger partial charge in [-0.3, -0.25) is 4.79 Å². The zero-order valence-corrected chi connectivity index (χ0v) is 12.3. The maximum atomic E-state index is 12.8. The molecule has 0 saturated heterocycles. The predicted molar refractivity (Wildman–Crippen MR) is 81.8 cm³/mol. The minimum absolute atomic E-state index is 0.182. The fourth-order valence-electron chi connectivity index (χ4n) is 3.54. The van der Waals surface area contributed by atoms with Crippen molar-refractivity contribution in [2.75, 3.05) is 11.4 Å². The van der Waals surface area contributed by atoms with Crippen LogP contribution in [0, 0.1) is 12.8 Å². The minimum atomic E-state index is 0.182. The molecular formula is C17H24N2O. The van der Waals surface area contributed by atoms with Crippen molar-refractivity contribution in [3.8, 4) is 0 Å². The molecule has 3 heteroatoms. The van der Waals surface area contributed by atoms with E-state index in [1.807, 2.05) is 4.90 Å². The molecule has 108 valence electrons. The van der Waals surface area contributed by atoms with E-state index in [1.165, 1.54) is 11.1 Å². The monoisotopic (exact) mass is 272 g/mol. The molecule has 0 spiro atoms. The second-order valence-corrected chi connectivity index (χ2v) is 6.34. The standard InChI is InChI=1S/C17H24N2O/c1-12-4-9-16-14(11-12)3-2-10-19(16)17(20)13-5-7-15(18)8-6-13/h4,9,11,13,15H,2-3,5-8,10,18H2,1H3. The summed E-state index contributed by atoms with van der Waals surface area (Å²) in [6, 6.07) is 6.76. The van der Waals surface area contributed by atoms with Gasteiger partial charge < -0.3 is 10.6 Å². The average Bonchev–Trinajstić information content (AvgIpc) is 2.46. The molecule has 20 heavy (non-hydrogen) atoms. The van der Waals surface area contributed by atoms with Crippen molar-refractivity contribution in [2.24, 2.45) is 11.7 Å². The molecule has 0 radical (unpaired) electrons. The molecule has 1 fully saturated rings. The van der Waals surface area contributed by atoms with Crippen LogP contribution in [-0.4, -0.2) is 18.5 Å². The molecule has 1 aliphatic heterocycles. The smallest absolute Gasteiger partial charge is 0.230 e. The molecule has 1 aromatic carbocycles. The Morgan fingerprint density at radius 3 is 2.75 bits per heavy atom. The number of rotatable bonds is 1. The maximum absolute atomic E-state index is 12.8. The number of nitrogens with zero attached hydrogens (tertiary/aromatic N) is 1. The van der Waals surface area contributed by atoms with Gasteiger partial charge >= 0.3 is 0 Å². The molecule has 2 N–H and O–H groups in total. The first kappa shape index (κ1) is 13.6. The van der Waals surface area contributed by atoms with Gasteiger partial charge in [0.15, 0.2) is 0 Å². The highest BCUT2D eigenvalue weighted by molar-refractivity contribution is 5.96. The molecule has 1 saturated carbocycles. The van der Waals surface area contributed by atoms with E-state index in [4.69, 9.17) is 5.73 Å². The number of hydrogen-bond donors (Lipinski definition) is 1. The lowest BCUT2D eigenvalue weighted by Crippen LogP contribution is -2.42. The molecule has 3 rings (SSSR count). The fourth-order valence-corrected chi connectivity index (χ4v) is 3.54. The van der Waals surface area contributed by atoms with Gasteiger partial charge in [0.05, 0.1) is 0 Å². The number of benzene rings is 1. The molecular weight excluding hydrogens is 248 g/mol. The highest BCUT2D eigenvalue weighted by atomic mass is 16.2. The van der Waals surface area contributed by atoms with E-state index in [1.54, 1.807) is 0 Å². The lowest BCUT2D eigenvalue weighted by molar-refractivity contribution is -0.123. The molecule has 3 nitrogen and oxygen atoms in total. The minimum Gasteiger partial charge on any atom is -0.328 e. The summed E-state index contributed by atoms with van der Waals surface area (Å²) < 4.78 is 0. The molecule has 1 heterocycles. The van der Waals surface area contributed by atoms with Crippen molar-refractivity contribution in [3.63, 3.8) is 0 Å². The quantitative estimate of drug-likeness (QED) is 0.854. The Kier molecular flexibility index (Phi) is 3.79. The Bertz CT molecular complexity index is 504. The summed E-state index contributed by atoms with van der Waals surface area (Å²) in [5.41, 5.74) is 9.69. The van der Waals surface area contributed by atoms with Crippen molar-refractivity contribution in [3.05, 3.63) is 29.3 Å². The normalized spacial score (nSPS) is 26.2. The fraction of sp³-hybridized carbons (Fsp3) is 0.588. The summed E-state index contributed by atoms with van der Waals surface area (Å²) in [4.78, 5) is 14.8. The lowest BCUT2D eigenvalue weighted by Gasteiger charge is -2.34. The van der Waals surface area contributed by atoms with Gasteiger partial charge in [0.2, 0.25) is 5.91 Å². The zero-order chi connectivity index (χ0) is 14.1. The number of fused-ring (bicyclic) bond motifs is 1. The third kappa shape index (κ3) is 2.59. The van der Waals surface area contributed by atoms with Crippen LogP contribution in [0.3, 0.4) is 0 Å².